The largest absolute Gasteiger partial charge is 0.462 e. The minimum absolute atomic E-state index is 0.0466. The molecule has 178 valence electrons. The molecule has 12 heteroatoms. The van der Waals surface area contributed by atoms with E-state index >= 15 is 0 Å². The normalized spacial score (nSPS) is 11.3. The molecule has 0 fully saturated rings. The van der Waals surface area contributed by atoms with E-state index in [-0.39, 0.29) is 29.1 Å². The first kappa shape index (κ1) is 24.4. The Balaban J connectivity index is 2.23. The summed E-state index contributed by atoms with van der Waals surface area (Å²) in [7, 11) is 0. The third-order valence-electron chi connectivity index (χ3n) is 5.08. The lowest BCUT2D eigenvalue weighted by Gasteiger charge is -2.16. The SMILES string of the molecule is CCOC(=O)c1cn(-c2ccc([N+](=O)[O-])cc2)c(=O)n(Cc2cccc(C(F)(F)F)c2C)c1=O. The number of carbonyl (C=O) groups excluding carboxylic acids is 1. The standard InChI is InChI=1S/C22H18F3N3O6/c1-3-34-20(30)17-12-26(15-7-9-16(10-8-15)28(32)33)21(31)27(19(17)29)11-14-5-4-6-18(13(14)2)22(23,24)25/h4-10,12H,3,11H2,1-2H3. The van der Waals surface area contributed by atoms with E-state index < -0.39 is 46.0 Å². The number of alkyl halides is 3. The molecule has 9 nitrogen and oxygen atoms in total. The maximum atomic E-state index is 13.3. The number of ether oxygens (including phenoxy) is 1. The Morgan fingerprint density at radius 2 is 1.76 bits per heavy atom. The van der Waals surface area contributed by atoms with Gasteiger partial charge in [-0.1, -0.05) is 12.1 Å². The molecule has 0 aliphatic heterocycles. The van der Waals surface area contributed by atoms with Gasteiger partial charge in [-0.2, -0.15) is 13.2 Å². The number of nitro groups is 1. The van der Waals surface area contributed by atoms with Crippen molar-refractivity contribution in [3.63, 3.8) is 0 Å². The van der Waals surface area contributed by atoms with Crippen LogP contribution in [-0.4, -0.2) is 26.6 Å². The van der Waals surface area contributed by atoms with Gasteiger partial charge in [0.2, 0.25) is 0 Å². The molecule has 0 aliphatic carbocycles. The first-order chi connectivity index (χ1) is 16.0. The molecule has 0 unspecified atom stereocenters. The molecule has 1 aromatic heterocycles. The van der Waals surface area contributed by atoms with E-state index in [1.54, 1.807) is 0 Å². The summed E-state index contributed by atoms with van der Waals surface area (Å²) in [4.78, 5) is 48.8. The molecule has 3 aromatic rings. The first-order valence-electron chi connectivity index (χ1n) is 9.89. The highest BCUT2D eigenvalue weighted by atomic mass is 19.4. The number of non-ortho nitro benzene ring substituents is 1. The van der Waals surface area contributed by atoms with Crippen LogP contribution in [0.3, 0.4) is 0 Å². The number of rotatable bonds is 6. The van der Waals surface area contributed by atoms with Gasteiger partial charge in [0.05, 0.1) is 29.3 Å². The zero-order valence-electron chi connectivity index (χ0n) is 18.0. The molecule has 0 N–H and O–H groups in total. The van der Waals surface area contributed by atoms with Crippen LogP contribution < -0.4 is 11.2 Å². The van der Waals surface area contributed by atoms with Gasteiger partial charge in [-0.3, -0.25) is 24.0 Å². The first-order valence-corrected chi connectivity index (χ1v) is 9.89. The van der Waals surface area contributed by atoms with Crippen LogP contribution in [0.2, 0.25) is 0 Å². The number of nitro benzene ring substituents is 1. The number of esters is 1. The molecule has 0 amide bonds. The van der Waals surface area contributed by atoms with Crippen molar-refractivity contribution in [1.29, 1.82) is 0 Å². The van der Waals surface area contributed by atoms with Crippen molar-refractivity contribution < 1.29 is 27.6 Å². The van der Waals surface area contributed by atoms with Gasteiger partial charge in [0.15, 0.2) is 0 Å². The highest BCUT2D eigenvalue weighted by Gasteiger charge is 2.33. The number of carbonyl (C=O) groups is 1. The summed E-state index contributed by atoms with van der Waals surface area (Å²) in [6, 6.07) is 8.09. The maximum Gasteiger partial charge on any atom is 0.416 e. The molecule has 0 atom stereocenters. The molecule has 34 heavy (non-hydrogen) atoms. The van der Waals surface area contributed by atoms with Crippen LogP contribution in [0.5, 0.6) is 0 Å². The topological polar surface area (TPSA) is 113 Å². The Labute approximate surface area is 189 Å². The van der Waals surface area contributed by atoms with Crippen LogP contribution in [0.4, 0.5) is 18.9 Å². The van der Waals surface area contributed by atoms with Crippen LogP contribution in [-0.2, 0) is 17.5 Å². The average Bonchev–Trinajstić information content (AvgIpc) is 2.77. The van der Waals surface area contributed by atoms with Gasteiger partial charge in [0.1, 0.15) is 5.56 Å². The lowest BCUT2D eigenvalue weighted by Crippen LogP contribution is -2.42. The highest BCUT2D eigenvalue weighted by Crippen LogP contribution is 2.33. The number of halogens is 3. The van der Waals surface area contributed by atoms with Crippen molar-refractivity contribution in [2.24, 2.45) is 0 Å². The molecule has 0 radical (unpaired) electrons. The summed E-state index contributed by atoms with van der Waals surface area (Å²) in [6.45, 7) is 2.11. The van der Waals surface area contributed by atoms with Gasteiger partial charge in [-0.15, -0.1) is 0 Å². The predicted molar refractivity (Wildman–Crippen MR) is 114 cm³/mol. The minimum atomic E-state index is -4.64. The predicted octanol–water partition coefficient (Wildman–Crippen LogP) is 3.46. The van der Waals surface area contributed by atoms with Crippen molar-refractivity contribution in [1.82, 2.24) is 9.13 Å². The average molecular weight is 477 g/mol. The zero-order valence-corrected chi connectivity index (χ0v) is 18.0. The summed E-state index contributed by atoms with van der Waals surface area (Å²) in [5.74, 6) is -1.03. The van der Waals surface area contributed by atoms with Crippen LogP contribution >= 0.6 is 0 Å². The van der Waals surface area contributed by atoms with Crippen molar-refractivity contribution in [3.05, 3.63) is 102 Å². The Morgan fingerprint density at radius 1 is 1.12 bits per heavy atom. The molecule has 2 aromatic carbocycles. The van der Waals surface area contributed by atoms with Crippen LogP contribution in [0.15, 0.2) is 58.3 Å². The van der Waals surface area contributed by atoms with E-state index in [0.29, 0.717) is 4.57 Å². The van der Waals surface area contributed by atoms with Crippen molar-refractivity contribution in [2.75, 3.05) is 6.61 Å². The van der Waals surface area contributed by atoms with Crippen molar-refractivity contribution in [2.45, 2.75) is 26.6 Å². The summed E-state index contributed by atoms with van der Waals surface area (Å²) < 4.78 is 46.3. The third-order valence-corrected chi connectivity index (χ3v) is 5.08. The number of benzene rings is 2. The molecule has 3 rings (SSSR count). The number of hydrogen-bond donors (Lipinski definition) is 0. The Hall–Kier alpha value is -4.22. The Bertz CT molecular complexity index is 1370. The summed E-state index contributed by atoms with van der Waals surface area (Å²) in [6.07, 6.45) is -3.70. The van der Waals surface area contributed by atoms with E-state index in [4.69, 9.17) is 4.74 Å². The van der Waals surface area contributed by atoms with E-state index in [1.807, 2.05) is 0 Å². The number of nitrogens with zero attached hydrogens (tertiary/aromatic N) is 3. The number of aromatic nitrogens is 2. The molecular formula is C22H18F3N3O6. The lowest BCUT2D eigenvalue weighted by molar-refractivity contribution is -0.384. The van der Waals surface area contributed by atoms with Gasteiger partial charge in [-0.05, 0) is 43.2 Å². The smallest absolute Gasteiger partial charge is 0.416 e. The fraction of sp³-hybridized carbons (Fsp3) is 0.227. The van der Waals surface area contributed by atoms with Crippen LogP contribution in [0.1, 0.15) is 34.0 Å². The zero-order chi connectivity index (χ0) is 25.2. The summed E-state index contributed by atoms with van der Waals surface area (Å²) in [5.41, 5.74) is -3.73. The quantitative estimate of drug-likeness (QED) is 0.305. The van der Waals surface area contributed by atoms with Crippen LogP contribution in [0, 0.1) is 17.0 Å². The van der Waals surface area contributed by atoms with Gasteiger partial charge < -0.3 is 4.74 Å². The van der Waals surface area contributed by atoms with Gasteiger partial charge in [0.25, 0.3) is 11.2 Å². The minimum Gasteiger partial charge on any atom is -0.462 e. The van der Waals surface area contributed by atoms with Crippen molar-refractivity contribution >= 4 is 11.7 Å². The Kier molecular flexibility index (Phi) is 6.70. The molecule has 0 aliphatic rings. The van der Waals surface area contributed by atoms with E-state index in [9.17, 15) is 37.7 Å². The van der Waals surface area contributed by atoms with E-state index in [0.717, 1.165) is 35.0 Å². The van der Waals surface area contributed by atoms with E-state index in [1.165, 1.54) is 32.0 Å². The molecule has 1 heterocycles. The fourth-order valence-electron chi connectivity index (χ4n) is 3.34. The van der Waals surface area contributed by atoms with Gasteiger partial charge in [0, 0.05) is 18.3 Å². The molecule has 0 saturated carbocycles. The monoisotopic (exact) mass is 477 g/mol. The van der Waals surface area contributed by atoms with Gasteiger partial charge in [-0.25, -0.2) is 9.59 Å². The number of hydrogen-bond acceptors (Lipinski definition) is 6. The van der Waals surface area contributed by atoms with Crippen LogP contribution in [0.25, 0.3) is 5.69 Å². The van der Waals surface area contributed by atoms with E-state index in [2.05, 4.69) is 0 Å². The molecule has 0 spiro atoms. The summed E-state index contributed by atoms with van der Waals surface area (Å²) in [5, 5.41) is 10.9. The Morgan fingerprint density at radius 3 is 2.32 bits per heavy atom. The second-order valence-corrected chi connectivity index (χ2v) is 7.17. The highest BCUT2D eigenvalue weighted by molar-refractivity contribution is 5.88. The second kappa shape index (κ2) is 9.33. The maximum absolute atomic E-state index is 13.3. The molecule has 0 saturated heterocycles. The third kappa shape index (κ3) is 4.75. The fourth-order valence-corrected chi connectivity index (χ4v) is 3.34. The molecule has 0 bridgehead atoms. The summed E-state index contributed by atoms with van der Waals surface area (Å²) >= 11 is 0. The van der Waals surface area contributed by atoms with Crippen molar-refractivity contribution in [3.8, 4) is 5.69 Å². The lowest BCUT2D eigenvalue weighted by atomic mass is 10.0. The second-order valence-electron chi connectivity index (χ2n) is 7.17. The molecular weight excluding hydrogens is 459 g/mol. The van der Waals surface area contributed by atoms with Gasteiger partial charge >= 0.3 is 17.8 Å².